The van der Waals surface area contributed by atoms with Crippen molar-refractivity contribution in [1.82, 2.24) is 5.32 Å². The Morgan fingerprint density at radius 3 is 2.95 bits per heavy atom. The quantitative estimate of drug-likeness (QED) is 0.820. The fraction of sp³-hybridized carbons (Fsp3) is 0.600. The van der Waals surface area contributed by atoms with Gasteiger partial charge in [0.15, 0.2) is 0 Å². The van der Waals surface area contributed by atoms with Crippen molar-refractivity contribution < 1.29 is 4.39 Å². The van der Waals surface area contributed by atoms with E-state index in [0.717, 1.165) is 29.4 Å². The summed E-state index contributed by atoms with van der Waals surface area (Å²) >= 11 is 5.43. The molecule has 2 unspecified atom stereocenters. The van der Waals surface area contributed by atoms with Gasteiger partial charge in [0.25, 0.3) is 0 Å². The smallest absolute Gasteiger partial charge is 0.124 e. The second kappa shape index (κ2) is 7.65. The zero-order valence-corrected chi connectivity index (χ0v) is 13.7. The molecular weight excluding hydrogens is 325 g/mol. The molecule has 1 N–H and O–H groups in total. The average molecular weight is 346 g/mol. The zero-order valence-electron chi connectivity index (χ0n) is 11.3. The Morgan fingerprint density at radius 2 is 2.32 bits per heavy atom. The van der Waals surface area contributed by atoms with Gasteiger partial charge in [-0.3, -0.25) is 0 Å². The summed E-state index contributed by atoms with van der Waals surface area (Å²) in [6.07, 6.45) is 4.64. The molecule has 1 aliphatic heterocycles. The molecule has 1 aromatic rings. The molecule has 0 saturated carbocycles. The van der Waals surface area contributed by atoms with E-state index in [1.807, 2.05) is 6.07 Å². The van der Waals surface area contributed by atoms with Gasteiger partial charge in [0.2, 0.25) is 0 Å². The number of halogens is 2. The van der Waals surface area contributed by atoms with Gasteiger partial charge in [0, 0.05) is 15.8 Å². The van der Waals surface area contributed by atoms with Crippen LogP contribution < -0.4 is 5.32 Å². The predicted octanol–water partition coefficient (Wildman–Crippen LogP) is 4.39. The highest BCUT2D eigenvalue weighted by atomic mass is 79.9. The van der Waals surface area contributed by atoms with Gasteiger partial charge in [-0.2, -0.15) is 11.8 Å². The van der Waals surface area contributed by atoms with Gasteiger partial charge in [-0.05, 0) is 61.7 Å². The lowest BCUT2D eigenvalue weighted by molar-refractivity contribution is 0.481. The molecule has 2 rings (SSSR count). The molecule has 1 nitrogen and oxygen atoms in total. The average Bonchev–Trinajstić information content (AvgIpc) is 2.87. The molecule has 1 saturated heterocycles. The lowest BCUT2D eigenvalue weighted by atomic mass is 10.0. The van der Waals surface area contributed by atoms with Crippen molar-refractivity contribution in [2.75, 3.05) is 12.3 Å². The van der Waals surface area contributed by atoms with Crippen LogP contribution in [0.25, 0.3) is 0 Å². The van der Waals surface area contributed by atoms with Crippen LogP contribution in [-0.4, -0.2) is 23.6 Å². The Morgan fingerprint density at radius 1 is 1.47 bits per heavy atom. The summed E-state index contributed by atoms with van der Waals surface area (Å²) in [5.41, 5.74) is 1.08. The first-order chi connectivity index (χ1) is 9.19. The lowest BCUT2D eigenvalue weighted by Crippen LogP contribution is -2.39. The standard InChI is InChI=1S/C15H21BrFNS/c1-2-5-18-14(15-4-3-6-19-15)9-11-7-12(16)10-13(17)8-11/h7-8,10,14-15,18H,2-6,9H2,1H3. The fourth-order valence-corrected chi connectivity index (χ4v) is 4.47. The molecule has 1 aliphatic rings. The van der Waals surface area contributed by atoms with E-state index in [2.05, 4.69) is 39.9 Å². The van der Waals surface area contributed by atoms with Gasteiger partial charge in [-0.1, -0.05) is 22.9 Å². The molecule has 0 aromatic heterocycles. The Bertz CT molecular complexity index is 387. The highest BCUT2D eigenvalue weighted by Gasteiger charge is 2.25. The molecule has 1 aromatic carbocycles. The summed E-state index contributed by atoms with van der Waals surface area (Å²) in [6, 6.07) is 5.66. The van der Waals surface area contributed by atoms with E-state index in [9.17, 15) is 4.39 Å². The highest BCUT2D eigenvalue weighted by Crippen LogP contribution is 2.30. The Kier molecular flexibility index (Phi) is 6.17. The third kappa shape index (κ3) is 4.76. The van der Waals surface area contributed by atoms with Crippen molar-refractivity contribution >= 4 is 27.7 Å². The van der Waals surface area contributed by atoms with Gasteiger partial charge >= 0.3 is 0 Å². The van der Waals surface area contributed by atoms with E-state index in [4.69, 9.17) is 0 Å². The van der Waals surface area contributed by atoms with Gasteiger partial charge in [-0.15, -0.1) is 0 Å². The molecule has 1 heterocycles. The SMILES string of the molecule is CCCNC(Cc1cc(F)cc(Br)c1)C1CCCS1. The van der Waals surface area contributed by atoms with Gasteiger partial charge < -0.3 is 5.32 Å². The Hall–Kier alpha value is -0.0600. The molecular formula is C15H21BrFNS. The number of benzene rings is 1. The normalized spacial score (nSPS) is 20.7. The van der Waals surface area contributed by atoms with Crippen molar-refractivity contribution in [3.05, 3.63) is 34.1 Å². The molecule has 0 spiro atoms. The van der Waals surface area contributed by atoms with Crippen LogP contribution in [-0.2, 0) is 6.42 Å². The monoisotopic (exact) mass is 345 g/mol. The van der Waals surface area contributed by atoms with E-state index in [0.29, 0.717) is 11.3 Å². The fourth-order valence-electron chi connectivity index (χ4n) is 2.57. The number of nitrogens with one attached hydrogen (secondary N) is 1. The van der Waals surface area contributed by atoms with Crippen molar-refractivity contribution in [2.45, 2.75) is 43.9 Å². The number of hydrogen-bond donors (Lipinski definition) is 1. The van der Waals surface area contributed by atoms with Crippen LogP contribution in [0, 0.1) is 5.82 Å². The van der Waals surface area contributed by atoms with E-state index in [1.165, 1.54) is 24.7 Å². The lowest BCUT2D eigenvalue weighted by Gasteiger charge is -2.24. The molecule has 2 atom stereocenters. The summed E-state index contributed by atoms with van der Waals surface area (Å²) in [4.78, 5) is 0. The molecule has 0 amide bonds. The summed E-state index contributed by atoms with van der Waals surface area (Å²) in [6.45, 7) is 3.23. The topological polar surface area (TPSA) is 12.0 Å². The minimum absolute atomic E-state index is 0.155. The highest BCUT2D eigenvalue weighted by molar-refractivity contribution is 9.10. The second-order valence-electron chi connectivity index (χ2n) is 5.09. The molecule has 0 radical (unpaired) electrons. The maximum Gasteiger partial charge on any atom is 0.124 e. The first-order valence-corrected chi connectivity index (χ1v) is 8.83. The Labute approximate surface area is 127 Å². The van der Waals surface area contributed by atoms with E-state index >= 15 is 0 Å². The van der Waals surface area contributed by atoms with E-state index < -0.39 is 0 Å². The third-order valence-corrected chi connectivity index (χ3v) is 5.42. The molecule has 0 bridgehead atoms. The minimum atomic E-state index is -0.155. The minimum Gasteiger partial charge on any atom is -0.313 e. The maximum absolute atomic E-state index is 13.5. The van der Waals surface area contributed by atoms with Crippen molar-refractivity contribution in [3.8, 4) is 0 Å². The van der Waals surface area contributed by atoms with Crippen LogP contribution in [0.1, 0.15) is 31.7 Å². The predicted molar refractivity (Wildman–Crippen MR) is 85.4 cm³/mol. The van der Waals surface area contributed by atoms with Crippen LogP contribution in [0.3, 0.4) is 0 Å². The van der Waals surface area contributed by atoms with Crippen molar-refractivity contribution in [2.24, 2.45) is 0 Å². The molecule has 106 valence electrons. The van der Waals surface area contributed by atoms with Crippen molar-refractivity contribution in [1.29, 1.82) is 0 Å². The molecule has 4 heteroatoms. The Balaban J connectivity index is 2.05. The largest absolute Gasteiger partial charge is 0.313 e. The van der Waals surface area contributed by atoms with E-state index in [1.54, 1.807) is 6.07 Å². The summed E-state index contributed by atoms with van der Waals surface area (Å²) in [7, 11) is 0. The summed E-state index contributed by atoms with van der Waals surface area (Å²) in [5.74, 6) is 1.11. The van der Waals surface area contributed by atoms with E-state index in [-0.39, 0.29) is 5.82 Å². The zero-order chi connectivity index (χ0) is 13.7. The summed E-state index contributed by atoms with van der Waals surface area (Å²) < 4.78 is 14.3. The van der Waals surface area contributed by atoms with Crippen LogP contribution in [0.2, 0.25) is 0 Å². The van der Waals surface area contributed by atoms with Crippen LogP contribution in [0.5, 0.6) is 0 Å². The summed E-state index contributed by atoms with van der Waals surface area (Å²) in [5, 5.41) is 4.31. The van der Waals surface area contributed by atoms with Gasteiger partial charge in [0.1, 0.15) is 5.82 Å². The molecule has 19 heavy (non-hydrogen) atoms. The van der Waals surface area contributed by atoms with Crippen molar-refractivity contribution in [3.63, 3.8) is 0 Å². The first-order valence-electron chi connectivity index (χ1n) is 6.99. The number of hydrogen-bond acceptors (Lipinski definition) is 2. The van der Waals surface area contributed by atoms with Crippen LogP contribution in [0.4, 0.5) is 4.39 Å². The third-order valence-electron chi connectivity index (χ3n) is 3.45. The molecule has 0 aliphatic carbocycles. The van der Waals surface area contributed by atoms with Gasteiger partial charge in [0.05, 0.1) is 0 Å². The number of thioether (sulfide) groups is 1. The number of rotatable bonds is 6. The first kappa shape index (κ1) is 15.3. The van der Waals surface area contributed by atoms with Crippen LogP contribution in [0.15, 0.2) is 22.7 Å². The maximum atomic E-state index is 13.5. The molecule has 1 fully saturated rings. The van der Waals surface area contributed by atoms with Crippen LogP contribution >= 0.6 is 27.7 Å². The van der Waals surface area contributed by atoms with Gasteiger partial charge in [-0.25, -0.2) is 4.39 Å². The second-order valence-corrected chi connectivity index (χ2v) is 7.36.